The highest BCUT2D eigenvalue weighted by Gasteiger charge is 2.11. The molecule has 0 amide bonds. The van der Waals surface area contributed by atoms with Crippen molar-refractivity contribution in [3.63, 3.8) is 0 Å². The topological polar surface area (TPSA) is 30.2 Å². The van der Waals surface area contributed by atoms with Crippen molar-refractivity contribution in [2.24, 2.45) is 0 Å². The number of benzene rings is 1. The van der Waals surface area contributed by atoms with Gasteiger partial charge in [0.25, 0.3) is 0 Å². The van der Waals surface area contributed by atoms with Crippen LogP contribution in [0, 0.1) is 5.82 Å². The Labute approximate surface area is 138 Å². The molecule has 0 radical (unpaired) electrons. The normalized spacial score (nSPS) is 11.3. The van der Waals surface area contributed by atoms with Crippen LogP contribution in [-0.2, 0) is 5.75 Å². The molecule has 0 spiro atoms. The zero-order valence-electron chi connectivity index (χ0n) is 11.3. The van der Waals surface area contributed by atoms with Crippen LogP contribution in [0.5, 0.6) is 0 Å². The van der Waals surface area contributed by atoms with E-state index in [1.54, 1.807) is 28.0 Å². The first-order chi connectivity index (χ1) is 10.8. The van der Waals surface area contributed by atoms with Gasteiger partial charge in [-0.25, -0.2) is 13.9 Å². The average Bonchev–Trinajstić information content (AvgIpc) is 3.21. The van der Waals surface area contributed by atoms with Crippen LogP contribution in [0.4, 0.5) is 4.39 Å². The van der Waals surface area contributed by atoms with Gasteiger partial charge in [0.1, 0.15) is 11.5 Å². The summed E-state index contributed by atoms with van der Waals surface area (Å²) in [4.78, 5) is 6.59. The molecule has 0 aliphatic heterocycles. The summed E-state index contributed by atoms with van der Waals surface area (Å²) in [5.74, 6) is 0.400. The number of halogens is 1. The Morgan fingerprint density at radius 1 is 1.18 bits per heavy atom. The average molecular weight is 347 g/mol. The third-order valence-corrected chi connectivity index (χ3v) is 6.10. The molecule has 0 aliphatic carbocycles. The van der Waals surface area contributed by atoms with Crippen molar-refractivity contribution in [1.29, 1.82) is 0 Å². The lowest BCUT2D eigenvalue weighted by atomic mass is 10.2. The fourth-order valence-electron chi connectivity index (χ4n) is 2.04. The molecule has 110 valence electrons. The van der Waals surface area contributed by atoms with E-state index >= 15 is 0 Å². The Bertz CT molecular complexity index is 880. The highest BCUT2D eigenvalue weighted by molar-refractivity contribution is 8.00. The summed E-state index contributed by atoms with van der Waals surface area (Å²) in [5, 5.41) is 6.54. The molecular weight excluding hydrogens is 337 g/mol. The predicted molar refractivity (Wildman–Crippen MR) is 90.1 cm³/mol. The number of thioether (sulfide) groups is 1. The molecule has 3 nitrogen and oxygen atoms in total. The lowest BCUT2D eigenvalue weighted by Gasteiger charge is -1.99. The number of aromatic nitrogens is 3. The van der Waals surface area contributed by atoms with Gasteiger partial charge < -0.3 is 0 Å². The second kappa shape index (κ2) is 5.83. The zero-order chi connectivity index (χ0) is 14.9. The van der Waals surface area contributed by atoms with E-state index in [1.807, 2.05) is 29.8 Å². The van der Waals surface area contributed by atoms with Gasteiger partial charge in [-0.3, -0.25) is 0 Å². The molecule has 3 heterocycles. The van der Waals surface area contributed by atoms with Gasteiger partial charge in [-0.05, 0) is 23.1 Å². The molecule has 0 saturated heterocycles. The first-order valence-electron chi connectivity index (χ1n) is 6.56. The minimum atomic E-state index is -0.170. The van der Waals surface area contributed by atoms with Crippen molar-refractivity contribution in [2.75, 3.05) is 0 Å². The highest BCUT2D eigenvalue weighted by Crippen LogP contribution is 2.31. The third kappa shape index (κ3) is 2.67. The summed E-state index contributed by atoms with van der Waals surface area (Å²) >= 11 is 4.72. The lowest BCUT2D eigenvalue weighted by molar-refractivity contribution is 0.617. The summed E-state index contributed by atoms with van der Waals surface area (Å²) in [6, 6.07) is 10.9. The second-order valence-corrected chi connectivity index (χ2v) is 7.70. The molecule has 4 aromatic rings. The summed E-state index contributed by atoms with van der Waals surface area (Å²) in [5.41, 5.74) is 1.64. The summed E-state index contributed by atoms with van der Waals surface area (Å²) < 4.78 is 16.3. The van der Waals surface area contributed by atoms with E-state index in [9.17, 15) is 4.39 Å². The van der Waals surface area contributed by atoms with E-state index in [2.05, 4.69) is 10.1 Å². The first kappa shape index (κ1) is 13.9. The molecule has 0 atom stereocenters. The van der Waals surface area contributed by atoms with E-state index in [4.69, 9.17) is 0 Å². The molecule has 0 fully saturated rings. The molecule has 3 aromatic heterocycles. The summed E-state index contributed by atoms with van der Waals surface area (Å²) in [6.07, 6.45) is 1.94. The SMILES string of the molecule is Fc1ccccc1CSc1nn2cc(-c3cccs3)nc2s1. The molecular formula is C15H10FN3S3. The van der Waals surface area contributed by atoms with E-state index < -0.39 is 0 Å². The molecule has 0 saturated carbocycles. The second-order valence-electron chi connectivity index (χ2n) is 4.58. The van der Waals surface area contributed by atoms with Gasteiger partial charge in [0.05, 0.1) is 11.1 Å². The van der Waals surface area contributed by atoms with Crippen LogP contribution in [0.3, 0.4) is 0 Å². The van der Waals surface area contributed by atoms with Crippen molar-refractivity contribution >= 4 is 39.4 Å². The van der Waals surface area contributed by atoms with Crippen LogP contribution < -0.4 is 0 Å². The fourth-order valence-corrected chi connectivity index (χ4v) is 4.63. The number of nitrogens with zero attached hydrogens (tertiary/aromatic N) is 3. The van der Waals surface area contributed by atoms with Crippen LogP contribution in [-0.4, -0.2) is 14.6 Å². The molecule has 0 aliphatic rings. The molecule has 7 heteroatoms. The first-order valence-corrected chi connectivity index (χ1v) is 9.24. The van der Waals surface area contributed by atoms with Gasteiger partial charge in [-0.15, -0.1) is 16.4 Å². The van der Waals surface area contributed by atoms with Crippen LogP contribution in [0.1, 0.15) is 5.56 Å². The number of imidazole rings is 1. The van der Waals surface area contributed by atoms with Crippen molar-refractivity contribution in [2.45, 2.75) is 10.1 Å². The maximum absolute atomic E-state index is 13.6. The minimum Gasteiger partial charge on any atom is -0.217 e. The van der Waals surface area contributed by atoms with Crippen molar-refractivity contribution in [3.8, 4) is 10.6 Å². The Balaban J connectivity index is 1.54. The number of fused-ring (bicyclic) bond motifs is 1. The van der Waals surface area contributed by atoms with Crippen LogP contribution in [0.25, 0.3) is 15.5 Å². The molecule has 4 rings (SSSR count). The minimum absolute atomic E-state index is 0.170. The van der Waals surface area contributed by atoms with E-state index in [1.165, 1.54) is 29.2 Å². The molecule has 0 N–H and O–H groups in total. The highest BCUT2D eigenvalue weighted by atomic mass is 32.2. The Hall–Kier alpha value is -1.70. The number of rotatable bonds is 4. The molecule has 0 bridgehead atoms. The number of hydrogen-bond acceptors (Lipinski definition) is 5. The molecule has 0 unspecified atom stereocenters. The maximum atomic E-state index is 13.6. The van der Waals surface area contributed by atoms with E-state index in [-0.39, 0.29) is 5.82 Å². The Kier molecular flexibility index (Phi) is 3.69. The number of thiophene rings is 1. The lowest BCUT2D eigenvalue weighted by Crippen LogP contribution is -1.86. The predicted octanol–water partition coefficient (Wildman–Crippen LogP) is 4.95. The van der Waals surface area contributed by atoms with Gasteiger partial charge in [-0.2, -0.15) is 0 Å². The van der Waals surface area contributed by atoms with Gasteiger partial charge in [0, 0.05) is 5.75 Å². The van der Waals surface area contributed by atoms with Crippen molar-refractivity contribution in [3.05, 3.63) is 59.4 Å². The monoisotopic (exact) mass is 347 g/mol. The van der Waals surface area contributed by atoms with Crippen LogP contribution in [0.2, 0.25) is 0 Å². The largest absolute Gasteiger partial charge is 0.217 e. The quantitative estimate of drug-likeness (QED) is 0.489. The Morgan fingerprint density at radius 3 is 2.86 bits per heavy atom. The summed E-state index contributed by atoms with van der Waals surface area (Å²) in [7, 11) is 0. The van der Waals surface area contributed by atoms with Crippen molar-refractivity contribution in [1.82, 2.24) is 14.6 Å². The Morgan fingerprint density at radius 2 is 2.09 bits per heavy atom. The standard InChI is InChI=1S/C15H10FN3S3/c16-11-5-2-1-4-10(11)9-21-15-18-19-8-12(17-14(19)22-15)13-6-3-7-20-13/h1-8H,9H2. The molecule has 1 aromatic carbocycles. The maximum Gasteiger partial charge on any atom is 0.213 e. The van der Waals surface area contributed by atoms with Gasteiger partial charge >= 0.3 is 0 Å². The van der Waals surface area contributed by atoms with Crippen LogP contribution in [0.15, 0.2) is 52.3 Å². The summed E-state index contributed by atoms with van der Waals surface area (Å²) in [6.45, 7) is 0. The van der Waals surface area contributed by atoms with Gasteiger partial charge in [-0.1, -0.05) is 47.4 Å². The van der Waals surface area contributed by atoms with Crippen molar-refractivity contribution < 1.29 is 4.39 Å². The zero-order valence-corrected chi connectivity index (χ0v) is 13.7. The fraction of sp³-hybridized carbons (Fsp3) is 0.0667. The van der Waals surface area contributed by atoms with Gasteiger partial charge in [0.15, 0.2) is 4.34 Å². The van der Waals surface area contributed by atoms with E-state index in [0.717, 1.165) is 19.9 Å². The smallest absolute Gasteiger partial charge is 0.213 e. The third-order valence-electron chi connectivity index (χ3n) is 3.11. The number of hydrogen-bond donors (Lipinski definition) is 0. The van der Waals surface area contributed by atoms with E-state index in [0.29, 0.717) is 11.3 Å². The van der Waals surface area contributed by atoms with Gasteiger partial charge in [0.2, 0.25) is 4.96 Å². The molecule has 22 heavy (non-hydrogen) atoms. The van der Waals surface area contributed by atoms with Crippen LogP contribution >= 0.6 is 34.4 Å².